The number of carbonyl (C=O) groups is 1. The quantitative estimate of drug-likeness (QED) is 0.746. The van der Waals surface area contributed by atoms with Crippen LogP contribution in [0.5, 0.6) is 0 Å². The van der Waals surface area contributed by atoms with Crippen molar-refractivity contribution < 1.29 is 4.79 Å². The van der Waals surface area contributed by atoms with Gasteiger partial charge in [0.15, 0.2) is 0 Å². The number of halogens is 1. The standard InChI is InChI=1S/C11H20N2O.ClH/c12-10-5-4-9(8-10)11(14)13-6-2-1-3-7-13;/h9-10H,1-8,12H2;1H/t9-,10+;/m0./s1. The van der Waals surface area contributed by atoms with Crippen molar-refractivity contribution in [3.05, 3.63) is 0 Å². The molecule has 2 fully saturated rings. The van der Waals surface area contributed by atoms with Crippen molar-refractivity contribution >= 4 is 18.3 Å². The van der Waals surface area contributed by atoms with Crippen LogP contribution in [-0.4, -0.2) is 29.9 Å². The van der Waals surface area contributed by atoms with Crippen LogP contribution in [0.4, 0.5) is 0 Å². The summed E-state index contributed by atoms with van der Waals surface area (Å²) >= 11 is 0. The van der Waals surface area contributed by atoms with Crippen LogP contribution in [-0.2, 0) is 4.79 Å². The third kappa shape index (κ3) is 3.08. The Kier molecular flexibility index (Phi) is 4.87. The van der Waals surface area contributed by atoms with Gasteiger partial charge in [-0.25, -0.2) is 0 Å². The van der Waals surface area contributed by atoms with Gasteiger partial charge in [-0.3, -0.25) is 4.79 Å². The highest BCUT2D eigenvalue weighted by atomic mass is 35.5. The number of nitrogens with two attached hydrogens (primary N) is 1. The minimum absolute atomic E-state index is 0. The highest BCUT2D eigenvalue weighted by Crippen LogP contribution is 2.27. The average Bonchev–Trinajstić information content (AvgIpc) is 2.65. The van der Waals surface area contributed by atoms with Gasteiger partial charge in [-0.1, -0.05) is 0 Å². The van der Waals surface area contributed by atoms with Gasteiger partial charge in [0.25, 0.3) is 0 Å². The molecular weight excluding hydrogens is 212 g/mol. The molecule has 15 heavy (non-hydrogen) atoms. The van der Waals surface area contributed by atoms with E-state index in [0.29, 0.717) is 5.91 Å². The summed E-state index contributed by atoms with van der Waals surface area (Å²) in [5, 5.41) is 0. The molecule has 4 heteroatoms. The number of hydrogen-bond acceptors (Lipinski definition) is 2. The number of carbonyl (C=O) groups excluding carboxylic acids is 1. The Balaban J connectivity index is 0.00000112. The first-order chi connectivity index (χ1) is 6.77. The Morgan fingerprint density at radius 3 is 2.33 bits per heavy atom. The zero-order chi connectivity index (χ0) is 9.97. The summed E-state index contributed by atoms with van der Waals surface area (Å²) in [7, 11) is 0. The second-order valence-electron chi connectivity index (χ2n) is 4.66. The maximum Gasteiger partial charge on any atom is 0.225 e. The Morgan fingerprint density at radius 1 is 1.13 bits per heavy atom. The van der Waals surface area contributed by atoms with E-state index < -0.39 is 0 Å². The molecule has 0 aromatic heterocycles. The first-order valence-corrected chi connectivity index (χ1v) is 5.82. The molecule has 3 nitrogen and oxygen atoms in total. The van der Waals surface area contributed by atoms with Crippen LogP contribution in [0.1, 0.15) is 38.5 Å². The smallest absolute Gasteiger partial charge is 0.225 e. The maximum atomic E-state index is 12.0. The minimum Gasteiger partial charge on any atom is -0.342 e. The normalized spacial score (nSPS) is 31.1. The lowest BCUT2D eigenvalue weighted by molar-refractivity contribution is -0.136. The maximum absolute atomic E-state index is 12.0. The van der Waals surface area contributed by atoms with Gasteiger partial charge in [0.2, 0.25) is 5.91 Å². The first kappa shape index (κ1) is 12.8. The van der Waals surface area contributed by atoms with Gasteiger partial charge in [0.05, 0.1) is 0 Å². The van der Waals surface area contributed by atoms with Crippen molar-refractivity contribution in [2.45, 2.75) is 44.6 Å². The SMILES string of the molecule is Cl.N[C@@H]1CC[C@H](C(=O)N2CCCCC2)C1. The van der Waals surface area contributed by atoms with Gasteiger partial charge in [-0.2, -0.15) is 0 Å². The molecule has 0 spiro atoms. The molecule has 2 aliphatic rings. The molecule has 1 heterocycles. The van der Waals surface area contributed by atoms with Crippen LogP contribution in [0.25, 0.3) is 0 Å². The number of hydrogen-bond donors (Lipinski definition) is 1. The van der Waals surface area contributed by atoms with Crippen LogP contribution in [0.2, 0.25) is 0 Å². The van der Waals surface area contributed by atoms with Gasteiger partial charge in [-0.15, -0.1) is 12.4 Å². The molecule has 2 rings (SSSR count). The lowest BCUT2D eigenvalue weighted by atomic mass is 10.0. The van der Waals surface area contributed by atoms with Gasteiger partial charge >= 0.3 is 0 Å². The third-order valence-electron chi connectivity index (χ3n) is 3.49. The highest BCUT2D eigenvalue weighted by Gasteiger charge is 2.31. The number of likely N-dealkylation sites (tertiary alicyclic amines) is 1. The molecule has 1 aliphatic heterocycles. The predicted octanol–water partition coefficient (Wildman–Crippen LogP) is 1.55. The molecule has 1 saturated carbocycles. The summed E-state index contributed by atoms with van der Waals surface area (Å²) in [6, 6.07) is 0.272. The summed E-state index contributed by atoms with van der Waals surface area (Å²) in [6.45, 7) is 1.95. The summed E-state index contributed by atoms with van der Waals surface area (Å²) in [5.41, 5.74) is 5.82. The van der Waals surface area contributed by atoms with Gasteiger partial charge in [0, 0.05) is 25.0 Å². The first-order valence-electron chi connectivity index (χ1n) is 5.82. The second-order valence-corrected chi connectivity index (χ2v) is 4.66. The van der Waals surface area contributed by atoms with Crippen LogP contribution < -0.4 is 5.73 Å². The van der Waals surface area contributed by atoms with E-state index in [1.54, 1.807) is 0 Å². The molecule has 1 amide bonds. The number of nitrogens with zero attached hydrogens (tertiary/aromatic N) is 1. The average molecular weight is 233 g/mol. The van der Waals surface area contributed by atoms with Crippen LogP contribution in [0.3, 0.4) is 0 Å². The Hall–Kier alpha value is -0.280. The topological polar surface area (TPSA) is 46.3 Å². The fourth-order valence-corrected chi connectivity index (χ4v) is 2.61. The van der Waals surface area contributed by atoms with E-state index in [9.17, 15) is 4.79 Å². The van der Waals surface area contributed by atoms with E-state index in [1.807, 2.05) is 4.90 Å². The van der Waals surface area contributed by atoms with Crippen molar-refractivity contribution in [1.29, 1.82) is 0 Å². The van der Waals surface area contributed by atoms with Crippen molar-refractivity contribution in [2.24, 2.45) is 11.7 Å². The Bertz CT molecular complexity index is 210. The molecule has 0 aromatic carbocycles. The van der Waals surface area contributed by atoms with Gasteiger partial charge < -0.3 is 10.6 Å². The highest BCUT2D eigenvalue weighted by molar-refractivity contribution is 5.85. The van der Waals surface area contributed by atoms with E-state index in [-0.39, 0.29) is 24.4 Å². The molecule has 0 aromatic rings. The number of piperidine rings is 1. The predicted molar refractivity (Wildman–Crippen MR) is 63.0 cm³/mol. The monoisotopic (exact) mass is 232 g/mol. The number of amides is 1. The van der Waals surface area contributed by atoms with Crippen molar-refractivity contribution in [1.82, 2.24) is 4.90 Å². The molecule has 0 bridgehead atoms. The molecule has 1 saturated heterocycles. The molecule has 0 radical (unpaired) electrons. The second kappa shape index (κ2) is 5.71. The lowest BCUT2D eigenvalue weighted by Crippen LogP contribution is -2.39. The molecule has 1 aliphatic carbocycles. The lowest BCUT2D eigenvalue weighted by Gasteiger charge is -2.29. The Morgan fingerprint density at radius 2 is 1.80 bits per heavy atom. The molecule has 0 unspecified atom stereocenters. The fraction of sp³-hybridized carbons (Fsp3) is 0.909. The summed E-state index contributed by atoms with van der Waals surface area (Å²) < 4.78 is 0. The van der Waals surface area contributed by atoms with E-state index in [4.69, 9.17) is 5.73 Å². The Labute approximate surface area is 97.8 Å². The third-order valence-corrected chi connectivity index (χ3v) is 3.49. The van der Waals surface area contributed by atoms with Crippen molar-refractivity contribution in [3.8, 4) is 0 Å². The molecule has 2 atom stereocenters. The van der Waals surface area contributed by atoms with Crippen molar-refractivity contribution in [2.75, 3.05) is 13.1 Å². The number of rotatable bonds is 1. The van der Waals surface area contributed by atoms with E-state index in [1.165, 1.54) is 19.3 Å². The van der Waals surface area contributed by atoms with E-state index in [0.717, 1.165) is 32.4 Å². The van der Waals surface area contributed by atoms with E-state index >= 15 is 0 Å². The molecule has 88 valence electrons. The van der Waals surface area contributed by atoms with Crippen molar-refractivity contribution in [3.63, 3.8) is 0 Å². The zero-order valence-corrected chi connectivity index (χ0v) is 9.97. The minimum atomic E-state index is 0. The van der Waals surface area contributed by atoms with Crippen LogP contribution >= 0.6 is 12.4 Å². The fourth-order valence-electron chi connectivity index (χ4n) is 2.61. The van der Waals surface area contributed by atoms with Gasteiger partial charge in [0.1, 0.15) is 0 Å². The summed E-state index contributed by atoms with van der Waals surface area (Å²) in [4.78, 5) is 14.1. The molecule has 2 N–H and O–H groups in total. The van der Waals surface area contributed by atoms with E-state index in [2.05, 4.69) is 0 Å². The zero-order valence-electron chi connectivity index (χ0n) is 9.15. The van der Waals surface area contributed by atoms with Crippen LogP contribution in [0, 0.1) is 5.92 Å². The van der Waals surface area contributed by atoms with Gasteiger partial charge in [-0.05, 0) is 38.5 Å². The van der Waals surface area contributed by atoms with Crippen LogP contribution in [0.15, 0.2) is 0 Å². The molecular formula is C11H21ClN2O. The largest absolute Gasteiger partial charge is 0.342 e. The summed E-state index contributed by atoms with van der Waals surface area (Å²) in [5.74, 6) is 0.612. The summed E-state index contributed by atoms with van der Waals surface area (Å²) in [6.07, 6.45) is 6.61.